The lowest BCUT2D eigenvalue weighted by atomic mass is 10.2. The number of anilines is 1. The fourth-order valence-electron chi connectivity index (χ4n) is 1.49. The van der Waals surface area contributed by atoms with Gasteiger partial charge in [-0.15, -0.1) is 0 Å². The highest BCUT2D eigenvalue weighted by atomic mass is 79.9. The Bertz CT molecular complexity index is 619. The molecule has 0 heterocycles. The van der Waals surface area contributed by atoms with Crippen LogP contribution in [0.1, 0.15) is 10.4 Å². The number of amides is 1. The van der Waals surface area contributed by atoms with Gasteiger partial charge in [0.1, 0.15) is 0 Å². The number of para-hydroxylation sites is 1. The Morgan fingerprint density at radius 3 is 2.50 bits per heavy atom. The van der Waals surface area contributed by atoms with Gasteiger partial charge in [0.25, 0.3) is 5.91 Å². The van der Waals surface area contributed by atoms with Gasteiger partial charge in [0.2, 0.25) is 0 Å². The lowest BCUT2D eigenvalue weighted by Gasteiger charge is -2.11. The number of hydrazine groups is 1. The van der Waals surface area contributed by atoms with E-state index in [9.17, 15) is 4.79 Å². The van der Waals surface area contributed by atoms with Gasteiger partial charge in [-0.2, -0.15) is 0 Å². The molecule has 0 spiro atoms. The number of hydrogen-bond acceptors (Lipinski definition) is 3. The molecule has 0 saturated heterocycles. The molecule has 2 aromatic rings. The van der Waals surface area contributed by atoms with Crippen LogP contribution in [0.25, 0.3) is 0 Å². The second-order valence-corrected chi connectivity index (χ2v) is 5.23. The molecule has 0 unspecified atom stereocenters. The summed E-state index contributed by atoms with van der Waals surface area (Å²) in [7, 11) is 0. The first-order valence-electron chi connectivity index (χ1n) is 5.83. The maximum atomic E-state index is 11.9. The van der Waals surface area contributed by atoms with Gasteiger partial charge in [-0.1, -0.05) is 40.2 Å². The van der Waals surface area contributed by atoms with Crippen molar-refractivity contribution in [2.45, 2.75) is 0 Å². The number of hydrogen-bond donors (Lipinski definition) is 3. The third-order valence-electron chi connectivity index (χ3n) is 2.41. The molecule has 0 aliphatic rings. The fraction of sp³-hybridized carbons (Fsp3) is 0. The van der Waals surface area contributed by atoms with E-state index < -0.39 is 0 Å². The zero-order chi connectivity index (χ0) is 14.4. The summed E-state index contributed by atoms with van der Waals surface area (Å²) in [5.74, 6) is -0.265. The van der Waals surface area contributed by atoms with Crippen molar-refractivity contribution in [3.05, 3.63) is 64.6 Å². The summed E-state index contributed by atoms with van der Waals surface area (Å²) >= 11 is 8.36. The number of carbonyl (C=O) groups excluding carboxylic acids is 1. The van der Waals surface area contributed by atoms with Crippen molar-refractivity contribution in [3.8, 4) is 0 Å². The Hall–Kier alpha value is -1.92. The molecule has 3 N–H and O–H groups in total. The SMILES string of the molecule is O=C(NC(=S)NNc1ccccc1)c1cccc(Br)c1. The molecule has 0 bridgehead atoms. The summed E-state index contributed by atoms with van der Waals surface area (Å²) in [6.07, 6.45) is 0. The Morgan fingerprint density at radius 1 is 1.05 bits per heavy atom. The molecule has 0 saturated carbocycles. The van der Waals surface area contributed by atoms with Crippen LogP contribution in [0.3, 0.4) is 0 Å². The molecule has 0 aliphatic heterocycles. The van der Waals surface area contributed by atoms with Crippen molar-refractivity contribution in [1.82, 2.24) is 10.7 Å². The highest BCUT2D eigenvalue weighted by Crippen LogP contribution is 2.11. The first kappa shape index (κ1) is 14.5. The van der Waals surface area contributed by atoms with Crippen molar-refractivity contribution in [3.63, 3.8) is 0 Å². The van der Waals surface area contributed by atoms with E-state index in [2.05, 4.69) is 32.1 Å². The van der Waals surface area contributed by atoms with E-state index in [4.69, 9.17) is 12.2 Å². The number of thiocarbonyl (C=S) groups is 1. The third kappa shape index (κ3) is 4.32. The lowest BCUT2D eigenvalue weighted by Crippen LogP contribution is -2.41. The van der Waals surface area contributed by atoms with Crippen LogP contribution < -0.4 is 16.2 Å². The van der Waals surface area contributed by atoms with Crippen LogP contribution in [0, 0.1) is 0 Å². The minimum absolute atomic E-state index is 0.207. The lowest BCUT2D eigenvalue weighted by molar-refractivity contribution is 0.0977. The number of halogens is 1. The first-order valence-corrected chi connectivity index (χ1v) is 7.03. The van der Waals surface area contributed by atoms with Crippen LogP contribution in [0.5, 0.6) is 0 Å². The molecule has 1 amide bonds. The summed E-state index contributed by atoms with van der Waals surface area (Å²) in [5.41, 5.74) is 7.03. The van der Waals surface area contributed by atoms with E-state index in [0.29, 0.717) is 5.56 Å². The van der Waals surface area contributed by atoms with Crippen LogP contribution in [-0.2, 0) is 0 Å². The first-order chi connectivity index (χ1) is 9.65. The molecule has 2 rings (SSSR count). The predicted molar refractivity (Wildman–Crippen MR) is 87.4 cm³/mol. The van der Waals surface area contributed by atoms with Gasteiger partial charge in [0.05, 0.1) is 5.69 Å². The van der Waals surface area contributed by atoms with Crippen molar-refractivity contribution in [2.24, 2.45) is 0 Å². The number of benzene rings is 2. The summed E-state index contributed by atoms with van der Waals surface area (Å²) in [5, 5.41) is 2.80. The Balaban J connectivity index is 1.87. The quantitative estimate of drug-likeness (QED) is 0.588. The summed E-state index contributed by atoms with van der Waals surface area (Å²) in [4.78, 5) is 11.9. The highest BCUT2D eigenvalue weighted by Gasteiger charge is 2.07. The molecular weight excluding hydrogens is 338 g/mol. The Morgan fingerprint density at radius 2 is 1.80 bits per heavy atom. The molecule has 0 fully saturated rings. The smallest absolute Gasteiger partial charge is 0.257 e. The van der Waals surface area contributed by atoms with Crippen LogP contribution >= 0.6 is 28.1 Å². The zero-order valence-electron chi connectivity index (χ0n) is 10.4. The van der Waals surface area contributed by atoms with E-state index in [1.807, 2.05) is 36.4 Å². The van der Waals surface area contributed by atoms with Gasteiger partial charge in [-0.3, -0.25) is 21.0 Å². The molecule has 4 nitrogen and oxygen atoms in total. The van der Waals surface area contributed by atoms with Crippen molar-refractivity contribution >= 4 is 44.9 Å². The molecule has 0 radical (unpaired) electrons. The standard InChI is InChI=1S/C14H12BrN3OS/c15-11-6-4-5-10(9-11)13(19)16-14(20)18-17-12-7-2-1-3-8-12/h1-9,17H,(H2,16,18,19,20). The highest BCUT2D eigenvalue weighted by molar-refractivity contribution is 9.10. The summed E-state index contributed by atoms with van der Waals surface area (Å²) < 4.78 is 0.839. The molecule has 2 aromatic carbocycles. The molecular formula is C14H12BrN3OS. The number of rotatable bonds is 3. The largest absolute Gasteiger partial charge is 0.299 e. The van der Waals surface area contributed by atoms with Gasteiger partial charge in [-0.25, -0.2) is 0 Å². The number of carbonyl (C=O) groups is 1. The zero-order valence-corrected chi connectivity index (χ0v) is 12.8. The maximum Gasteiger partial charge on any atom is 0.257 e. The molecule has 102 valence electrons. The third-order valence-corrected chi connectivity index (χ3v) is 3.11. The van der Waals surface area contributed by atoms with E-state index in [-0.39, 0.29) is 11.0 Å². The molecule has 0 aromatic heterocycles. The van der Waals surface area contributed by atoms with Crippen molar-refractivity contribution in [2.75, 3.05) is 5.43 Å². The minimum Gasteiger partial charge on any atom is -0.299 e. The fourth-order valence-corrected chi connectivity index (χ4v) is 2.03. The molecule has 0 aliphatic carbocycles. The normalized spacial score (nSPS) is 9.65. The van der Waals surface area contributed by atoms with Gasteiger partial charge >= 0.3 is 0 Å². The summed E-state index contributed by atoms with van der Waals surface area (Å²) in [6, 6.07) is 16.5. The monoisotopic (exact) mass is 349 g/mol. The van der Waals surface area contributed by atoms with Crippen LogP contribution in [-0.4, -0.2) is 11.0 Å². The van der Waals surface area contributed by atoms with E-state index in [1.165, 1.54) is 0 Å². The predicted octanol–water partition coefficient (Wildman–Crippen LogP) is 3.08. The van der Waals surface area contributed by atoms with Crippen LogP contribution in [0.4, 0.5) is 5.69 Å². The average molecular weight is 350 g/mol. The second-order valence-electron chi connectivity index (χ2n) is 3.91. The molecule has 20 heavy (non-hydrogen) atoms. The second kappa shape index (κ2) is 7.02. The average Bonchev–Trinajstić information content (AvgIpc) is 2.46. The Kier molecular flexibility index (Phi) is 5.09. The number of nitrogens with one attached hydrogen (secondary N) is 3. The molecule has 0 atom stereocenters. The van der Waals surface area contributed by atoms with Crippen molar-refractivity contribution in [1.29, 1.82) is 0 Å². The van der Waals surface area contributed by atoms with Gasteiger partial charge < -0.3 is 0 Å². The minimum atomic E-state index is -0.265. The topological polar surface area (TPSA) is 53.2 Å². The summed E-state index contributed by atoms with van der Waals surface area (Å²) in [6.45, 7) is 0. The van der Waals surface area contributed by atoms with Gasteiger partial charge in [-0.05, 0) is 42.5 Å². The van der Waals surface area contributed by atoms with Gasteiger partial charge in [0, 0.05) is 10.0 Å². The van der Waals surface area contributed by atoms with Gasteiger partial charge in [0.15, 0.2) is 5.11 Å². The van der Waals surface area contributed by atoms with Crippen molar-refractivity contribution < 1.29 is 4.79 Å². The van der Waals surface area contributed by atoms with E-state index >= 15 is 0 Å². The van der Waals surface area contributed by atoms with Crippen LogP contribution in [0.15, 0.2) is 59.1 Å². The maximum absolute atomic E-state index is 11.9. The van der Waals surface area contributed by atoms with Crippen LogP contribution in [0.2, 0.25) is 0 Å². The molecule has 6 heteroatoms. The van der Waals surface area contributed by atoms with E-state index in [0.717, 1.165) is 10.2 Å². The Labute approximate surface area is 130 Å². The van der Waals surface area contributed by atoms with E-state index in [1.54, 1.807) is 18.2 Å².